The van der Waals surface area contributed by atoms with Crippen LogP contribution in [0, 0.1) is 13.8 Å². The summed E-state index contributed by atoms with van der Waals surface area (Å²) >= 11 is 0. The molecule has 0 aliphatic heterocycles. The summed E-state index contributed by atoms with van der Waals surface area (Å²) in [5, 5.41) is 1.42. The summed E-state index contributed by atoms with van der Waals surface area (Å²) in [5.74, 6) is 0. The van der Waals surface area contributed by atoms with E-state index in [1.54, 1.807) is 25.1 Å². The van der Waals surface area contributed by atoms with Crippen LogP contribution in [0.1, 0.15) is 11.1 Å². The molecule has 0 unspecified atom stereocenters. The van der Waals surface area contributed by atoms with Crippen LogP contribution in [-0.2, 0) is 10.1 Å². The summed E-state index contributed by atoms with van der Waals surface area (Å²) in [6.45, 7) is 3.58. The Balaban J connectivity index is 3.03. The highest BCUT2D eigenvalue weighted by Crippen LogP contribution is 2.28. The molecular weight excluding hydrogens is 224 g/mol. The van der Waals surface area contributed by atoms with Crippen LogP contribution < -0.4 is 0 Å². The van der Waals surface area contributed by atoms with Gasteiger partial charge in [-0.2, -0.15) is 8.42 Å². The van der Waals surface area contributed by atoms with Crippen LogP contribution in [0.25, 0.3) is 10.8 Å². The van der Waals surface area contributed by atoms with Gasteiger partial charge in [0.1, 0.15) is 4.90 Å². The molecule has 0 atom stereocenters. The van der Waals surface area contributed by atoms with Crippen molar-refractivity contribution < 1.29 is 13.0 Å². The third kappa shape index (κ3) is 1.70. The van der Waals surface area contributed by atoms with E-state index in [-0.39, 0.29) is 4.90 Å². The highest BCUT2D eigenvalue weighted by Gasteiger charge is 2.17. The second-order valence-electron chi connectivity index (χ2n) is 3.86. The van der Waals surface area contributed by atoms with Gasteiger partial charge < -0.3 is 0 Å². The summed E-state index contributed by atoms with van der Waals surface area (Å²) in [5.41, 5.74) is 1.54. The Labute approximate surface area is 94.5 Å². The topological polar surface area (TPSA) is 54.4 Å². The van der Waals surface area contributed by atoms with Crippen LogP contribution in [0.2, 0.25) is 0 Å². The molecule has 0 spiro atoms. The van der Waals surface area contributed by atoms with Gasteiger partial charge in [-0.3, -0.25) is 4.55 Å². The van der Waals surface area contributed by atoms with E-state index in [1.807, 2.05) is 19.1 Å². The van der Waals surface area contributed by atoms with Gasteiger partial charge in [0, 0.05) is 5.39 Å². The summed E-state index contributed by atoms with van der Waals surface area (Å²) in [4.78, 5) is 0.00806. The molecule has 0 amide bonds. The van der Waals surface area contributed by atoms with Gasteiger partial charge in [-0.15, -0.1) is 0 Å². The number of fused-ring (bicyclic) bond motifs is 1. The van der Waals surface area contributed by atoms with Gasteiger partial charge in [-0.25, -0.2) is 0 Å². The second kappa shape index (κ2) is 3.57. The van der Waals surface area contributed by atoms with E-state index < -0.39 is 10.1 Å². The van der Waals surface area contributed by atoms with Crippen molar-refractivity contribution >= 4 is 20.9 Å². The summed E-state index contributed by atoms with van der Waals surface area (Å²) in [6.07, 6.45) is 0. The molecule has 2 aromatic rings. The molecule has 0 radical (unpaired) electrons. The largest absolute Gasteiger partial charge is 0.295 e. The molecule has 2 aromatic carbocycles. The molecule has 1 N–H and O–H groups in total. The maximum absolute atomic E-state index is 11.3. The van der Waals surface area contributed by atoms with E-state index in [0.717, 1.165) is 10.9 Å². The Hall–Kier alpha value is -1.39. The normalized spacial score (nSPS) is 11.9. The molecule has 2 rings (SSSR count). The monoisotopic (exact) mass is 236 g/mol. The van der Waals surface area contributed by atoms with E-state index in [4.69, 9.17) is 0 Å². The maximum Gasteiger partial charge on any atom is 0.295 e. The fourth-order valence-corrected chi connectivity index (χ4v) is 2.87. The van der Waals surface area contributed by atoms with E-state index in [9.17, 15) is 13.0 Å². The van der Waals surface area contributed by atoms with Gasteiger partial charge in [-0.05, 0) is 30.4 Å². The number of rotatable bonds is 1. The summed E-state index contributed by atoms with van der Waals surface area (Å²) in [7, 11) is -4.18. The quantitative estimate of drug-likeness (QED) is 0.774. The lowest BCUT2D eigenvalue weighted by Crippen LogP contribution is -2.02. The number of benzene rings is 2. The molecular formula is C12H12O3S. The standard InChI is InChI=1S/C12H12O3S/c1-8-4-3-5-11-10(8)7-6-9(2)12(11)16(13,14)15/h3-7H,1-2H3,(H,13,14,15). The van der Waals surface area contributed by atoms with Gasteiger partial charge in [0.05, 0.1) is 0 Å². The third-order valence-electron chi connectivity index (χ3n) is 2.68. The molecule has 84 valence electrons. The van der Waals surface area contributed by atoms with Crippen LogP contribution in [0.15, 0.2) is 35.2 Å². The Morgan fingerprint density at radius 3 is 2.25 bits per heavy atom. The van der Waals surface area contributed by atoms with Crippen molar-refractivity contribution in [3.8, 4) is 0 Å². The highest BCUT2D eigenvalue weighted by atomic mass is 32.2. The fourth-order valence-electron chi connectivity index (χ4n) is 1.94. The Morgan fingerprint density at radius 2 is 1.62 bits per heavy atom. The molecule has 0 fully saturated rings. The molecule has 0 aliphatic rings. The predicted molar refractivity (Wildman–Crippen MR) is 63.2 cm³/mol. The first-order chi connectivity index (χ1) is 7.41. The van der Waals surface area contributed by atoms with Crippen LogP contribution in [-0.4, -0.2) is 13.0 Å². The van der Waals surface area contributed by atoms with Crippen LogP contribution in [0.5, 0.6) is 0 Å². The minimum atomic E-state index is -4.18. The SMILES string of the molecule is Cc1ccc2c(C)cccc2c1S(=O)(=O)O. The van der Waals surface area contributed by atoms with Crippen LogP contribution in [0.3, 0.4) is 0 Å². The first kappa shape index (κ1) is 11.1. The minimum Gasteiger partial charge on any atom is -0.282 e. The molecule has 0 heterocycles. The molecule has 0 aromatic heterocycles. The average molecular weight is 236 g/mol. The lowest BCUT2D eigenvalue weighted by Gasteiger charge is -2.08. The van der Waals surface area contributed by atoms with Gasteiger partial charge >= 0.3 is 0 Å². The lowest BCUT2D eigenvalue weighted by molar-refractivity contribution is 0.483. The van der Waals surface area contributed by atoms with Crippen molar-refractivity contribution in [3.05, 3.63) is 41.5 Å². The smallest absolute Gasteiger partial charge is 0.282 e. The maximum atomic E-state index is 11.3. The number of aryl methyl sites for hydroxylation is 2. The number of hydrogen-bond donors (Lipinski definition) is 1. The summed E-state index contributed by atoms with van der Waals surface area (Å²) in [6, 6.07) is 8.97. The second-order valence-corrected chi connectivity index (χ2v) is 5.22. The van der Waals surface area contributed by atoms with Gasteiger partial charge in [-0.1, -0.05) is 30.3 Å². The molecule has 3 nitrogen and oxygen atoms in total. The summed E-state index contributed by atoms with van der Waals surface area (Å²) < 4.78 is 31.9. The number of hydrogen-bond acceptors (Lipinski definition) is 2. The Bertz CT molecular complexity index is 657. The van der Waals surface area contributed by atoms with Crippen LogP contribution in [0.4, 0.5) is 0 Å². The fraction of sp³-hybridized carbons (Fsp3) is 0.167. The van der Waals surface area contributed by atoms with E-state index in [0.29, 0.717) is 10.9 Å². The van der Waals surface area contributed by atoms with E-state index in [1.165, 1.54) is 0 Å². The zero-order valence-electron chi connectivity index (χ0n) is 9.06. The van der Waals surface area contributed by atoms with Crippen molar-refractivity contribution in [1.29, 1.82) is 0 Å². The molecule has 0 aliphatic carbocycles. The van der Waals surface area contributed by atoms with Gasteiger partial charge in [0.2, 0.25) is 0 Å². The first-order valence-corrected chi connectivity index (χ1v) is 6.31. The van der Waals surface area contributed by atoms with Gasteiger partial charge in [0.25, 0.3) is 10.1 Å². The lowest BCUT2D eigenvalue weighted by atomic mass is 10.0. The molecule has 0 saturated heterocycles. The molecule has 0 saturated carbocycles. The Morgan fingerprint density at radius 1 is 0.938 bits per heavy atom. The minimum absolute atomic E-state index is 0.00806. The zero-order valence-corrected chi connectivity index (χ0v) is 9.88. The first-order valence-electron chi connectivity index (χ1n) is 4.87. The Kier molecular flexibility index (Phi) is 2.48. The van der Waals surface area contributed by atoms with Crippen molar-refractivity contribution in [1.82, 2.24) is 0 Å². The third-order valence-corrected chi connectivity index (χ3v) is 3.74. The van der Waals surface area contributed by atoms with Crippen molar-refractivity contribution in [2.24, 2.45) is 0 Å². The van der Waals surface area contributed by atoms with Crippen molar-refractivity contribution in [2.45, 2.75) is 18.7 Å². The van der Waals surface area contributed by atoms with Crippen LogP contribution >= 0.6 is 0 Å². The van der Waals surface area contributed by atoms with Crippen molar-refractivity contribution in [3.63, 3.8) is 0 Å². The zero-order chi connectivity index (χ0) is 11.9. The van der Waals surface area contributed by atoms with Crippen molar-refractivity contribution in [2.75, 3.05) is 0 Å². The van der Waals surface area contributed by atoms with Gasteiger partial charge in [0.15, 0.2) is 0 Å². The molecule has 16 heavy (non-hydrogen) atoms. The molecule has 0 bridgehead atoms. The average Bonchev–Trinajstić information content (AvgIpc) is 2.15. The highest BCUT2D eigenvalue weighted by molar-refractivity contribution is 7.86. The van der Waals surface area contributed by atoms with E-state index in [2.05, 4.69) is 0 Å². The molecule has 4 heteroatoms. The predicted octanol–water partition coefficient (Wildman–Crippen LogP) is 2.70. The van der Waals surface area contributed by atoms with E-state index >= 15 is 0 Å².